The van der Waals surface area contributed by atoms with Crippen molar-refractivity contribution in [3.63, 3.8) is 0 Å². The molecule has 0 spiro atoms. The minimum atomic E-state index is 0.682. The van der Waals surface area contributed by atoms with E-state index in [4.69, 9.17) is 10.2 Å². The molecule has 2 rings (SSSR count). The molecule has 0 bridgehead atoms. The third-order valence-corrected chi connectivity index (χ3v) is 2.24. The normalized spacial score (nSPS) is 10.8. The van der Waals surface area contributed by atoms with E-state index in [1.807, 2.05) is 33.0 Å². The van der Waals surface area contributed by atoms with Crippen LogP contribution in [0, 0.1) is 13.8 Å². The van der Waals surface area contributed by atoms with Gasteiger partial charge < -0.3 is 10.2 Å². The molecule has 0 aliphatic heterocycles. The van der Waals surface area contributed by atoms with Crippen LogP contribution in [-0.4, -0.2) is 9.78 Å². The van der Waals surface area contributed by atoms with E-state index in [0.29, 0.717) is 5.69 Å². The lowest BCUT2D eigenvalue weighted by Gasteiger charge is -1.98. The Balaban J connectivity index is 2.61. The van der Waals surface area contributed by atoms with Crippen molar-refractivity contribution in [3.8, 4) is 11.5 Å². The van der Waals surface area contributed by atoms with Crippen LogP contribution in [0.5, 0.6) is 0 Å². The SMILES string of the molecule is Cc1ccc(-c2c(N)c(C)nn2C)o1. The first-order valence-corrected chi connectivity index (χ1v) is 4.45. The van der Waals surface area contributed by atoms with Crippen molar-refractivity contribution in [2.75, 3.05) is 5.73 Å². The highest BCUT2D eigenvalue weighted by Crippen LogP contribution is 2.28. The van der Waals surface area contributed by atoms with Crippen LogP contribution in [0.3, 0.4) is 0 Å². The van der Waals surface area contributed by atoms with Gasteiger partial charge in [0.15, 0.2) is 5.76 Å². The molecule has 4 nitrogen and oxygen atoms in total. The fourth-order valence-corrected chi connectivity index (χ4v) is 1.53. The zero-order valence-electron chi connectivity index (χ0n) is 8.53. The molecule has 0 radical (unpaired) electrons. The van der Waals surface area contributed by atoms with E-state index in [2.05, 4.69) is 5.10 Å². The third kappa shape index (κ3) is 1.19. The second kappa shape index (κ2) is 2.90. The van der Waals surface area contributed by atoms with Crippen LogP contribution in [-0.2, 0) is 7.05 Å². The Bertz CT molecular complexity index is 468. The van der Waals surface area contributed by atoms with E-state index in [1.54, 1.807) is 4.68 Å². The highest BCUT2D eigenvalue weighted by Gasteiger charge is 2.14. The summed E-state index contributed by atoms with van der Waals surface area (Å²) >= 11 is 0. The maximum Gasteiger partial charge on any atom is 0.154 e. The number of rotatable bonds is 1. The molecule has 0 saturated carbocycles. The van der Waals surface area contributed by atoms with E-state index >= 15 is 0 Å². The number of hydrogen-bond acceptors (Lipinski definition) is 3. The Morgan fingerprint density at radius 2 is 2.07 bits per heavy atom. The summed E-state index contributed by atoms with van der Waals surface area (Å²) in [6.45, 7) is 3.79. The first-order chi connectivity index (χ1) is 6.59. The maximum absolute atomic E-state index is 5.90. The Kier molecular flexibility index (Phi) is 1.84. The minimum Gasteiger partial charge on any atom is -0.460 e. The molecule has 2 aromatic heterocycles. The lowest BCUT2D eigenvalue weighted by atomic mass is 10.2. The highest BCUT2D eigenvalue weighted by atomic mass is 16.3. The molecule has 0 aromatic carbocycles. The Morgan fingerprint density at radius 3 is 2.50 bits per heavy atom. The van der Waals surface area contributed by atoms with Crippen molar-refractivity contribution in [2.45, 2.75) is 13.8 Å². The standard InChI is InChI=1S/C10H13N3O/c1-6-4-5-8(14-6)10-9(11)7(2)12-13(10)3/h4-5H,11H2,1-3H3. The number of aryl methyl sites for hydroxylation is 3. The van der Waals surface area contributed by atoms with Crippen molar-refractivity contribution < 1.29 is 4.42 Å². The second-order valence-corrected chi connectivity index (χ2v) is 3.38. The number of anilines is 1. The molecular weight excluding hydrogens is 178 g/mol. The van der Waals surface area contributed by atoms with E-state index in [-0.39, 0.29) is 0 Å². The van der Waals surface area contributed by atoms with Gasteiger partial charge >= 0.3 is 0 Å². The van der Waals surface area contributed by atoms with Crippen molar-refractivity contribution in [1.82, 2.24) is 9.78 Å². The van der Waals surface area contributed by atoms with Gasteiger partial charge in [0.2, 0.25) is 0 Å². The van der Waals surface area contributed by atoms with Crippen LogP contribution in [0.2, 0.25) is 0 Å². The second-order valence-electron chi connectivity index (χ2n) is 3.38. The van der Waals surface area contributed by atoms with Gasteiger partial charge in [0.1, 0.15) is 11.5 Å². The lowest BCUT2D eigenvalue weighted by molar-refractivity contribution is 0.541. The number of nitrogen functional groups attached to an aromatic ring is 1. The summed E-state index contributed by atoms with van der Waals surface area (Å²) in [6.07, 6.45) is 0. The number of nitrogens with two attached hydrogens (primary N) is 1. The van der Waals surface area contributed by atoms with E-state index < -0.39 is 0 Å². The number of hydrogen-bond donors (Lipinski definition) is 1. The largest absolute Gasteiger partial charge is 0.460 e. The van der Waals surface area contributed by atoms with Crippen LogP contribution in [0.25, 0.3) is 11.5 Å². The predicted octanol–water partition coefficient (Wildman–Crippen LogP) is 1.88. The summed E-state index contributed by atoms with van der Waals surface area (Å²) in [5.41, 5.74) is 8.26. The molecule has 0 atom stereocenters. The minimum absolute atomic E-state index is 0.682. The van der Waals surface area contributed by atoms with Gasteiger partial charge in [-0.2, -0.15) is 5.10 Å². The zero-order valence-corrected chi connectivity index (χ0v) is 8.53. The fraction of sp³-hybridized carbons (Fsp3) is 0.300. The molecule has 0 fully saturated rings. The molecule has 0 unspecified atom stereocenters. The molecule has 0 saturated heterocycles. The van der Waals surface area contributed by atoms with Gasteiger partial charge in [-0.25, -0.2) is 0 Å². The summed E-state index contributed by atoms with van der Waals surface area (Å²) in [7, 11) is 1.86. The molecule has 2 N–H and O–H groups in total. The van der Waals surface area contributed by atoms with E-state index in [9.17, 15) is 0 Å². The lowest BCUT2D eigenvalue weighted by Crippen LogP contribution is -1.94. The fourth-order valence-electron chi connectivity index (χ4n) is 1.53. The zero-order chi connectivity index (χ0) is 10.3. The van der Waals surface area contributed by atoms with Gasteiger partial charge in [0.25, 0.3) is 0 Å². The van der Waals surface area contributed by atoms with Gasteiger partial charge in [-0.15, -0.1) is 0 Å². The van der Waals surface area contributed by atoms with E-state index in [0.717, 1.165) is 22.9 Å². The Labute approximate surface area is 82.3 Å². The molecule has 74 valence electrons. The van der Waals surface area contributed by atoms with Crippen molar-refractivity contribution in [2.24, 2.45) is 7.05 Å². The molecule has 0 aliphatic rings. The molecule has 2 aromatic rings. The molecule has 0 amide bonds. The molecule has 14 heavy (non-hydrogen) atoms. The number of aromatic nitrogens is 2. The topological polar surface area (TPSA) is 57.0 Å². The first kappa shape index (κ1) is 8.87. The van der Waals surface area contributed by atoms with Crippen molar-refractivity contribution in [1.29, 1.82) is 0 Å². The van der Waals surface area contributed by atoms with Crippen LogP contribution in [0.1, 0.15) is 11.5 Å². The smallest absolute Gasteiger partial charge is 0.154 e. The van der Waals surface area contributed by atoms with E-state index in [1.165, 1.54) is 0 Å². The van der Waals surface area contributed by atoms with Crippen LogP contribution >= 0.6 is 0 Å². The van der Waals surface area contributed by atoms with Crippen molar-refractivity contribution in [3.05, 3.63) is 23.6 Å². The average molecular weight is 191 g/mol. The van der Waals surface area contributed by atoms with Crippen LogP contribution < -0.4 is 5.73 Å². The average Bonchev–Trinajstić information content (AvgIpc) is 2.60. The van der Waals surface area contributed by atoms with Gasteiger partial charge in [-0.05, 0) is 26.0 Å². The Hall–Kier alpha value is -1.71. The molecule has 4 heteroatoms. The summed E-state index contributed by atoms with van der Waals surface area (Å²) in [4.78, 5) is 0. The molecular formula is C10H13N3O. The molecule has 0 aliphatic carbocycles. The van der Waals surface area contributed by atoms with Gasteiger partial charge in [0, 0.05) is 7.05 Å². The van der Waals surface area contributed by atoms with Gasteiger partial charge in [0.05, 0.1) is 11.4 Å². The maximum atomic E-state index is 5.90. The molecule has 2 heterocycles. The Morgan fingerprint density at radius 1 is 1.36 bits per heavy atom. The predicted molar refractivity (Wildman–Crippen MR) is 54.8 cm³/mol. The quantitative estimate of drug-likeness (QED) is 0.748. The summed E-state index contributed by atoms with van der Waals surface area (Å²) < 4.78 is 7.24. The number of furan rings is 1. The summed E-state index contributed by atoms with van der Waals surface area (Å²) in [6, 6.07) is 3.82. The number of nitrogens with zero attached hydrogens (tertiary/aromatic N) is 2. The van der Waals surface area contributed by atoms with Gasteiger partial charge in [-0.1, -0.05) is 0 Å². The summed E-state index contributed by atoms with van der Waals surface area (Å²) in [5, 5.41) is 4.23. The third-order valence-electron chi connectivity index (χ3n) is 2.24. The summed E-state index contributed by atoms with van der Waals surface area (Å²) in [5.74, 6) is 1.64. The van der Waals surface area contributed by atoms with Gasteiger partial charge in [-0.3, -0.25) is 4.68 Å². The van der Waals surface area contributed by atoms with Crippen LogP contribution in [0.15, 0.2) is 16.5 Å². The monoisotopic (exact) mass is 191 g/mol. The highest BCUT2D eigenvalue weighted by molar-refractivity contribution is 5.71. The first-order valence-electron chi connectivity index (χ1n) is 4.45. The van der Waals surface area contributed by atoms with Crippen molar-refractivity contribution >= 4 is 5.69 Å². The van der Waals surface area contributed by atoms with Crippen LogP contribution in [0.4, 0.5) is 5.69 Å².